The van der Waals surface area contributed by atoms with E-state index in [1.807, 2.05) is 35.9 Å². The molecular formula is C22H18N2O4S3. The topological polar surface area (TPSA) is 89.3 Å². The average molecular weight is 471 g/mol. The summed E-state index contributed by atoms with van der Waals surface area (Å²) in [5, 5.41) is 5.00. The number of hydrogen-bond donors (Lipinski definition) is 1. The number of rotatable bonds is 7. The fraction of sp³-hybridized carbons (Fsp3) is 0.0909. The van der Waals surface area contributed by atoms with Gasteiger partial charge in [0.15, 0.2) is 20.7 Å². The number of carbonyl (C=O) groups excluding carboxylic acids is 1. The van der Waals surface area contributed by atoms with Gasteiger partial charge in [-0.1, -0.05) is 30.3 Å². The second-order valence-electron chi connectivity index (χ2n) is 6.56. The van der Waals surface area contributed by atoms with Crippen molar-refractivity contribution in [3.8, 4) is 11.3 Å². The highest BCUT2D eigenvalue weighted by Gasteiger charge is 2.19. The fourth-order valence-electron chi connectivity index (χ4n) is 2.86. The predicted octanol–water partition coefficient (Wildman–Crippen LogP) is 5.35. The highest BCUT2D eigenvalue weighted by Crippen LogP contribution is 2.27. The lowest BCUT2D eigenvalue weighted by Gasteiger charge is -2.02. The normalized spacial score (nSPS) is 11.4. The number of benzene rings is 2. The molecule has 0 aliphatic heterocycles. The molecule has 0 aliphatic rings. The van der Waals surface area contributed by atoms with Crippen LogP contribution in [0.15, 0.2) is 86.3 Å². The minimum absolute atomic E-state index is 0.0272. The van der Waals surface area contributed by atoms with E-state index < -0.39 is 15.7 Å². The van der Waals surface area contributed by atoms with Crippen LogP contribution in [-0.4, -0.2) is 25.6 Å². The van der Waals surface area contributed by atoms with Gasteiger partial charge in [0.05, 0.1) is 10.6 Å². The summed E-state index contributed by atoms with van der Waals surface area (Å²) in [7, 11) is -3.55. The third kappa shape index (κ3) is 5.07. The molecule has 158 valence electrons. The molecule has 2 heterocycles. The summed E-state index contributed by atoms with van der Waals surface area (Å²) < 4.78 is 30.4. The maximum atomic E-state index is 12.5. The zero-order valence-electron chi connectivity index (χ0n) is 16.4. The van der Waals surface area contributed by atoms with Crippen molar-refractivity contribution < 1.29 is 17.6 Å². The maximum absolute atomic E-state index is 12.5. The van der Waals surface area contributed by atoms with Gasteiger partial charge in [-0.2, -0.15) is 0 Å². The van der Waals surface area contributed by atoms with Crippen molar-refractivity contribution in [2.24, 2.45) is 0 Å². The van der Waals surface area contributed by atoms with E-state index in [9.17, 15) is 13.2 Å². The van der Waals surface area contributed by atoms with Gasteiger partial charge in [0.1, 0.15) is 11.5 Å². The van der Waals surface area contributed by atoms with Crippen molar-refractivity contribution >= 4 is 44.0 Å². The molecule has 0 saturated carbocycles. The first-order chi connectivity index (χ1) is 14.9. The molecule has 4 rings (SSSR count). The van der Waals surface area contributed by atoms with E-state index in [4.69, 9.17) is 4.42 Å². The molecule has 2 aromatic carbocycles. The van der Waals surface area contributed by atoms with Crippen LogP contribution >= 0.6 is 23.1 Å². The second-order valence-corrected chi connectivity index (χ2v) is 10.3. The first kappa shape index (κ1) is 21.4. The molecule has 31 heavy (non-hydrogen) atoms. The van der Waals surface area contributed by atoms with Crippen LogP contribution in [0, 0.1) is 0 Å². The van der Waals surface area contributed by atoms with E-state index >= 15 is 0 Å². The summed E-state index contributed by atoms with van der Waals surface area (Å²) in [6.45, 7) is 0. The smallest absolute Gasteiger partial charge is 0.293 e. The summed E-state index contributed by atoms with van der Waals surface area (Å²) in [6, 6.07) is 19.1. The summed E-state index contributed by atoms with van der Waals surface area (Å²) in [4.78, 5) is 18.3. The van der Waals surface area contributed by atoms with Gasteiger partial charge in [0.25, 0.3) is 5.91 Å². The third-order valence-corrected chi connectivity index (χ3v) is 7.59. The molecular weight excluding hydrogens is 452 g/mol. The van der Waals surface area contributed by atoms with Gasteiger partial charge in [-0.3, -0.25) is 10.1 Å². The molecule has 0 spiro atoms. The molecule has 0 atom stereocenters. The molecule has 2 aromatic heterocycles. The SMILES string of the molecule is CSc1ccc(-c2csc(NC(=O)c3ccc(CS(=O)(=O)c4ccccc4)o3)n2)cc1. The van der Waals surface area contributed by atoms with Gasteiger partial charge >= 0.3 is 0 Å². The molecule has 1 N–H and O–H groups in total. The Morgan fingerprint density at radius 3 is 2.52 bits per heavy atom. The van der Waals surface area contributed by atoms with Crippen LogP contribution in [0.25, 0.3) is 11.3 Å². The van der Waals surface area contributed by atoms with Crippen LogP contribution in [0.3, 0.4) is 0 Å². The summed E-state index contributed by atoms with van der Waals surface area (Å²) in [5.41, 5.74) is 1.72. The average Bonchev–Trinajstić information content (AvgIpc) is 3.44. The fourth-order valence-corrected chi connectivity index (χ4v) is 5.25. The van der Waals surface area contributed by atoms with Gasteiger partial charge < -0.3 is 4.42 Å². The highest BCUT2D eigenvalue weighted by molar-refractivity contribution is 7.98. The van der Waals surface area contributed by atoms with Crippen molar-refractivity contribution in [3.05, 3.63) is 83.6 Å². The van der Waals surface area contributed by atoms with E-state index in [1.54, 1.807) is 30.0 Å². The Morgan fingerprint density at radius 2 is 1.81 bits per heavy atom. The van der Waals surface area contributed by atoms with Crippen LogP contribution in [0.2, 0.25) is 0 Å². The molecule has 4 aromatic rings. The Hall–Kier alpha value is -2.88. The van der Waals surface area contributed by atoms with Crippen LogP contribution in [0.1, 0.15) is 16.3 Å². The lowest BCUT2D eigenvalue weighted by molar-refractivity contribution is 0.0995. The summed E-state index contributed by atoms with van der Waals surface area (Å²) in [6.07, 6.45) is 2.02. The minimum Gasteiger partial charge on any atom is -0.455 e. The molecule has 0 radical (unpaired) electrons. The van der Waals surface area contributed by atoms with Crippen LogP contribution < -0.4 is 5.32 Å². The molecule has 1 amide bonds. The predicted molar refractivity (Wildman–Crippen MR) is 123 cm³/mol. The monoisotopic (exact) mass is 470 g/mol. The Balaban J connectivity index is 1.43. The van der Waals surface area contributed by atoms with Crippen molar-refractivity contribution in [2.75, 3.05) is 11.6 Å². The van der Waals surface area contributed by atoms with Crippen LogP contribution in [0.5, 0.6) is 0 Å². The quantitative estimate of drug-likeness (QED) is 0.366. The number of anilines is 1. The van der Waals surface area contributed by atoms with Gasteiger partial charge in [-0.05, 0) is 42.7 Å². The number of hydrogen-bond acceptors (Lipinski definition) is 7. The zero-order chi connectivity index (χ0) is 21.8. The molecule has 0 aliphatic carbocycles. The standard InChI is InChI=1S/C22H18N2O4S3/c1-29-17-10-7-15(8-11-17)19-13-30-22(23-19)24-21(25)20-12-9-16(28-20)14-31(26,27)18-5-3-2-4-6-18/h2-13H,14H2,1H3,(H,23,24,25). The van der Waals surface area contributed by atoms with E-state index in [2.05, 4.69) is 10.3 Å². The molecule has 6 nitrogen and oxygen atoms in total. The Kier molecular flexibility index (Phi) is 6.26. The second kappa shape index (κ2) is 9.09. The number of thiazole rings is 1. The van der Waals surface area contributed by atoms with Gasteiger partial charge in [0, 0.05) is 15.8 Å². The van der Waals surface area contributed by atoms with Crippen molar-refractivity contribution in [1.82, 2.24) is 4.98 Å². The number of nitrogens with zero attached hydrogens (tertiary/aromatic N) is 1. The first-order valence-electron chi connectivity index (χ1n) is 9.22. The summed E-state index contributed by atoms with van der Waals surface area (Å²) >= 11 is 2.97. The van der Waals surface area contributed by atoms with Crippen molar-refractivity contribution in [2.45, 2.75) is 15.5 Å². The van der Waals surface area contributed by atoms with E-state index in [-0.39, 0.29) is 22.2 Å². The maximum Gasteiger partial charge on any atom is 0.293 e. The van der Waals surface area contributed by atoms with E-state index in [0.29, 0.717) is 5.13 Å². The largest absolute Gasteiger partial charge is 0.455 e. The minimum atomic E-state index is -3.55. The number of carbonyl (C=O) groups is 1. The summed E-state index contributed by atoms with van der Waals surface area (Å²) in [5.74, 6) is -0.582. The molecule has 0 saturated heterocycles. The highest BCUT2D eigenvalue weighted by atomic mass is 32.2. The molecule has 0 unspecified atom stereocenters. The lowest BCUT2D eigenvalue weighted by atomic mass is 10.2. The Labute approximate surface area is 188 Å². The number of sulfone groups is 1. The zero-order valence-corrected chi connectivity index (χ0v) is 18.9. The van der Waals surface area contributed by atoms with Crippen molar-refractivity contribution in [1.29, 1.82) is 0 Å². The number of nitrogens with one attached hydrogen (secondary N) is 1. The lowest BCUT2D eigenvalue weighted by Crippen LogP contribution is -2.10. The molecule has 0 fully saturated rings. The Morgan fingerprint density at radius 1 is 1.06 bits per heavy atom. The third-order valence-electron chi connectivity index (χ3n) is 4.43. The molecule has 9 heteroatoms. The van der Waals surface area contributed by atoms with E-state index in [0.717, 1.165) is 16.2 Å². The first-order valence-corrected chi connectivity index (χ1v) is 13.0. The van der Waals surface area contributed by atoms with Crippen molar-refractivity contribution in [3.63, 3.8) is 0 Å². The Bertz CT molecular complexity index is 1290. The number of furan rings is 1. The van der Waals surface area contributed by atoms with Gasteiger partial charge in [0.2, 0.25) is 0 Å². The van der Waals surface area contributed by atoms with Gasteiger partial charge in [-0.25, -0.2) is 13.4 Å². The van der Waals surface area contributed by atoms with E-state index in [1.165, 1.54) is 35.6 Å². The van der Waals surface area contributed by atoms with Crippen LogP contribution in [-0.2, 0) is 15.6 Å². The number of thioether (sulfide) groups is 1. The van der Waals surface area contributed by atoms with Gasteiger partial charge in [-0.15, -0.1) is 23.1 Å². The van der Waals surface area contributed by atoms with Crippen LogP contribution in [0.4, 0.5) is 5.13 Å². The number of amides is 1. The molecule has 0 bridgehead atoms. The number of aromatic nitrogens is 1.